The molecule has 0 amide bonds. The van der Waals surface area contributed by atoms with Crippen LogP contribution in [0.4, 0.5) is 0 Å². The Bertz CT molecular complexity index is 666. The molecular formula is C21H29N3O. The van der Waals surface area contributed by atoms with E-state index in [0.29, 0.717) is 18.3 Å². The maximum Gasteiger partial charge on any atom is 0.138 e. The molecule has 0 saturated carbocycles. The van der Waals surface area contributed by atoms with Gasteiger partial charge in [-0.3, -0.25) is 9.88 Å². The number of aryl methyl sites for hydroxylation is 1. The van der Waals surface area contributed by atoms with Crippen molar-refractivity contribution in [3.63, 3.8) is 0 Å². The van der Waals surface area contributed by atoms with Gasteiger partial charge in [0.1, 0.15) is 5.75 Å². The highest BCUT2D eigenvalue weighted by atomic mass is 16.3. The van der Waals surface area contributed by atoms with Gasteiger partial charge in [0.15, 0.2) is 0 Å². The van der Waals surface area contributed by atoms with E-state index in [1.54, 1.807) is 6.07 Å². The number of aromatic hydroxyl groups is 1. The fourth-order valence-corrected chi connectivity index (χ4v) is 3.58. The van der Waals surface area contributed by atoms with Crippen LogP contribution in [0, 0.1) is 6.92 Å². The molecule has 1 aliphatic rings. The second kappa shape index (κ2) is 8.45. The van der Waals surface area contributed by atoms with E-state index in [4.69, 9.17) is 0 Å². The van der Waals surface area contributed by atoms with Crippen LogP contribution in [0.25, 0.3) is 0 Å². The topological polar surface area (TPSA) is 39.6 Å². The summed E-state index contributed by atoms with van der Waals surface area (Å²) in [5, 5.41) is 10.2. The van der Waals surface area contributed by atoms with E-state index < -0.39 is 0 Å². The van der Waals surface area contributed by atoms with Crippen molar-refractivity contribution >= 4 is 0 Å². The molecule has 1 fully saturated rings. The van der Waals surface area contributed by atoms with Crippen LogP contribution in [-0.2, 0) is 13.0 Å². The summed E-state index contributed by atoms with van der Waals surface area (Å²) < 4.78 is 0. The molecule has 0 aliphatic carbocycles. The molecule has 0 atom stereocenters. The predicted octanol–water partition coefficient (Wildman–Crippen LogP) is 3.23. The van der Waals surface area contributed by atoms with Gasteiger partial charge in [0.25, 0.3) is 0 Å². The molecule has 3 rings (SSSR count). The van der Waals surface area contributed by atoms with Crippen molar-refractivity contribution in [1.82, 2.24) is 14.8 Å². The molecule has 1 saturated heterocycles. The highest BCUT2D eigenvalue weighted by molar-refractivity contribution is 5.27. The number of pyridine rings is 1. The smallest absolute Gasteiger partial charge is 0.138 e. The molecule has 0 radical (unpaired) electrons. The average Bonchev–Trinajstić information content (AvgIpc) is 2.63. The van der Waals surface area contributed by atoms with Crippen molar-refractivity contribution in [1.29, 1.82) is 0 Å². The maximum atomic E-state index is 10.2. The van der Waals surface area contributed by atoms with E-state index in [2.05, 4.69) is 52.2 Å². The first kappa shape index (κ1) is 17.9. The molecule has 0 bridgehead atoms. The lowest BCUT2D eigenvalue weighted by Gasteiger charge is -2.37. The molecule has 1 N–H and O–H groups in total. The van der Waals surface area contributed by atoms with Crippen molar-refractivity contribution in [2.45, 2.75) is 38.8 Å². The van der Waals surface area contributed by atoms with Gasteiger partial charge in [0, 0.05) is 24.8 Å². The largest absolute Gasteiger partial charge is 0.506 e. The first-order valence-corrected chi connectivity index (χ1v) is 9.24. The minimum absolute atomic E-state index is 0.309. The van der Waals surface area contributed by atoms with Gasteiger partial charge in [-0.1, -0.05) is 30.3 Å². The number of likely N-dealkylation sites (tertiary alicyclic amines) is 1. The lowest BCUT2D eigenvalue weighted by atomic mass is 10.0. The van der Waals surface area contributed by atoms with Crippen molar-refractivity contribution in [3.8, 4) is 5.75 Å². The van der Waals surface area contributed by atoms with Crippen molar-refractivity contribution in [3.05, 3.63) is 59.4 Å². The maximum absolute atomic E-state index is 10.2. The van der Waals surface area contributed by atoms with Gasteiger partial charge in [-0.2, -0.15) is 0 Å². The van der Waals surface area contributed by atoms with E-state index in [1.165, 1.54) is 18.4 Å². The van der Waals surface area contributed by atoms with Crippen LogP contribution in [-0.4, -0.2) is 52.6 Å². The molecule has 25 heavy (non-hydrogen) atoms. The van der Waals surface area contributed by atoms with E-state index in [-0.39, 0.29) is 0 Å². The minimum Gasteiger partial charge on any atom is -0.506 e. The predicted molar refractivity (Wildman–Crippen MR) is 102 cm³/mol. The van der Waals surface area contributed by atoms with Crippen molar-refractivity contribution in [2.24, 2.45) is 0 Å². The van der Waals surface area contributed by atoms with Gasteiger partial charge in [0.2, 0.25) is 0 Å². The zero-order chi connectivity index (χ0) is 17.6. The minimum atomic E-state index is 0.309. The van der Waals surface area contributed by atoms with E-state index >= 15 is 0 Å². The highest BCUT2D eigenvalue weighted by Crippen LogP contribution is 2.22. The monoisotopic (exact) mass is 339 g/mol. The first-order valence-electron chi connectivity index (χ1n) is 9.24. The Balaban J connectivity index is 1.72. The van der Waals surface area contributed by atoms with Crippen molar-refractivity contribution in [2.75, 3.05) is 26.7 Å². The van der Waals surface area contributed by atoms with Crippen LogP contribution < -0.4 is 0 Å². The van der Waals surface area contributed by atoms with Gasteiger partial charge in [-0.05, 0) is 64.0 Å². The standard InChI is InChI=1S/C21H29N3O/c1-17-8-9-21(25)20(22-17)16-24(19-11-13-23(2)14-12-19)15-10-18-6-4-3-5-7-18/h3-9,19,25H,10-16H2,1-2H3. The van der Waals surface area contributed by atoms with Crippen molar-refractivity contribution < 1.29 is 5.11 Å². The zero-order valence-electron chi connectivity index (χ0n) is 15.4. The quantitative estimate of drug-likeness (QED) is 0.877. The van der Waals surface area contributed by atoms with Crippen LogP contribution in [0.15, 0.2) is 42.5 Å². The third kappa shape index (κ3) is 5.03. The Morgan fingerprint density at radius 3 is 2.56 bits per heavy atom. The summed E-state index contributed by atoms with van der Waals surface area (Å²) in [6.45, 7) is 5.97. The molecular weight excluding hydrogens is 310 g/mol. The number of piperidine rings is 1. The summed E-state index contributed by atoms with van der Waals surface area (Å²) in [6, 6.07) is 14.8. The summed E-state index contributed by atoms with van der Waals surface area (Å²) >= 11 is 0. The van der Waals surface area contributed by atoms with Crippen LogP contribution in [0.1, 0.15) is 29.8 Å². The van der Waals surface area contributed by atoms with Gasteiger partial charge >= 0.3 is 0 Å². The fraction of sp³-hybridized carbons (Fsp3) is 0.476. The zero-order valence-corrected chi connectivity index (χ0v) is 15.4. The molecule has 134 valence electrons. The molecule has 1 aromatic heterocycles. The summed E-state index contributed by atoms with van der Waals surface area (Å²) in [5.41, 5.74) is 3.12. The van der Waals surface area contributed by atoms with E-state index in [1.807, 2.05) is 13.0 Å². The Morgan fingerprint density at radius 2 is 1.84 bits per heavy atom. The molecule has 0 unspecified atom stereocenters. The van der Waals surface area contributed by atoms with Crippen LogP contribution in [0.5, 0.6) is 5.75 Å². The second-order valence-corrected chi connectivity index (χ2v) is 7.16. The average molecular weight is 339 g/mol. The first-order chi connectivity index (χ1) is 12.1. The Morgan fingerprint density at radius 1 is 1.12 bits per heavy atom. The normalized spacial score (nSPS) is 16.4. The summed E-state index contributed by atoms with van der Waals surface area (Å²) in [6.07, 6.45) is 3.38. The number of benzene rings is 1. The van der Waals surface area contributed by atoms with Gasteiger partial charge in [-0.15, -0.1) is 0 Å². The lowest BCUT2D eigenvalue weighted by molar-refractivity contribution is 0.113. The molecule has 2 aromatic rings. The third-order valence-corrected chi connectivity index (χ3v) is 5.18. The van der Waals surface area contributed by atoms with Gasteiger partial charge < -0.3 is 10.0 Å². The second-order valence-electron chi connectivity index (χ2n) is 7.16. The number of hydrogen-bond acceptors (Lipinski definition) is 4. The number of nitrogens with zero attached hydrogens (tertiary/aromatic N) is 3. The molecule has 4 heteroatoms. The molecule has 1 aliphatic heterocycles. The Kier molecular flexibility index (Phi) is 6.05. The fourth-order valence-electron chi connectivity index (χ4n) is 3.58. The number of rotatable bonds is 6. The van der Waals surface area contributed by atoms with Crippen LogP contribution in [0.3, 0.4) is 0 Å². The lowest BCUT2D eigenvalue weighted by Crippen LogP contribution is -2.44. The Hall–Kier alpha value is -1.91. The highest BCUT2D eigenvalue weighted by Gasteiger charge is 2.24. The molecule has 1 aromatic carbocycles. The number of aromatic nitrogens is 1. The van der Waals surface area contributed by atoms with Crippen LogP contribution in [0.2, 0.25) is 0 Å². The summed E-state index contributed by atoms with van der Waals surface area (Å²) in [5.74, 6) is 0.309. The SMILES string of the molecule is Cc1ccc(O)c(CN(CCc2ccccc2)C2CCN(C)CC2)n1. The Labute approximate surface area is 151 Å². The summed E-state index contributed by atoms with van der Waals surface area (Å²) in [7, 11) is 2.19. The molecule has 4 nitrogen and oxygen atoms in total. The third-order valence-electron chi connectivity index (χ3n) is 5.18. The molecule has 0 spiro atoms. The van der Waals surface area contributed by atoms with E-state index in [0.717, 1.165) is 37.4 Å². The van der Waals surface area contributed by atoms with Gasteiger partial charge in [-0.25, -0.2) is 0 Å². The van der Waals surface area contributed by atoms with Crippen LogP contribution >= 0.6 is 0 Å². The van der Waals surface area contributed by atoms with Gasteiger partial charge in [0.05, 0.1) is 5.69 Å². The summed E-state index contributed by atoms with van der Waals surface area (Å²) in [4.78, 5) is 9.49. The van der Waals surface area contributed by atoms with E-state index in [9.17, 15) is 5.11 Å². The molecule has 2 heterocycles. The number of hydrogen-bond donors (Lipinski definition) is 1.